The third-order valence-corrected chi connectivity index (χ3v) is 5.61. The van der Waals surface area contributed by atoms with Crippen LogP contribution in [0.25, 0.3) is 15.5 Å². The monoisotopic (exact) mass is 466 g/mol. The van der Waals surface area contributed by atoms with Crippen LogP contribution < -0.4 is 15.4 Å². The summed E-state index contributed by atoms with van der Waals surface area (Å²) in [5, 5.41) is 19.7. The van der Waals surface area contributed by atoms with E-state index in [2.05, 4.69) is 25.9 Å². The quantitative estimate of drug-likeness (QED) is 0.409. The number of benzene rings is 2. The minimum atomic E-state index is -0.306. The lowest BCUT2D eigenvalue weighted by molar-refractivity contribution is 0.0977. The van der Waals surface area contributed by atoms with Gasteiger partial charge in [-0.15, -0.1) is 10.2 Å². The molecule has 2 aromatic heterocycles. The summed E-state index contributed by atoms with van der Waals surface area (Å²) in [6.45, 7) is 5.89. The van der Waals surface area contributed by atoms with Crippen LogP contribution in [0, 0.1) is 0 Å². The first-order valence-corrected chi connectivity index (χ1v) is 11.4. The lowest BCUT2D eigenvalue weighted by atomic mass is 10.2. The van der Waals surface area contributed by atoms with Crippen LogP contribution in [0.5, 0.6) is 5.75 Å². The summed E-state index contributed by atoms with van der Waals surface area (Å²) in [7, 11) is 0. The third kappa shape index (κ3) is 4.92. The standard InChI is InChI=1S/C22H22N6O2S2/c1-4-18-25-26-22-28(18)27-20(32-22)14-8-10-16(11-9-14)23-21(31)24-19(29)15-6-5-7-17(12-15)30-13(2)3/h5-13H,4H2,1-3H3,(H2,23,24,29,31). The van der Waals surface area contributed by atoms with Gasteiger partial charge in [0.15, 0.2) is 10.9 Å². The lowest BCUT2D eigenvalue weighted by Gasteiger charge is -2.12. The van der Waals surface area contributed by atoms with Crippen molar-refractivity contribution in [2.75, 3.05) is 5.32 Å². The molecule has 0 aliphatic rings. The molecule has 4 rings (SSSR count). The van der Waals surface area contributed by atoms with Gasteiger partial charge in [-0.05, 0) is 68.5 Å². The molecule has 0 fully saturated rings. The minimum absolute atomic E-state index is 0.0271. The molecular formula is C22H22N6O2S2. The maximum absolute atomic E-state index is 12.5. The van der Waals surface area contributed by atoms with Crippen molar-refractivity contribution in [1.82, 2.24) is 25.1 Å². The molecule has 1 amide bonds. The van der Waals surface area contributed by atoms with E-state index in [0.717, 1.165) is 33.5 Å². The van der Waals surface area contributed by atoms with E-state index in [1.807, 2.05) is 51.1 Å². The third-order valence-electron chi connectivity index (χ3n) is 4.46. The van der Waals surface area contributed by atoms with E-state index < -0.39 is 0 Å². The number of hydrogen-bond acceptors (Lipinski definition) is 7. The van der Waals surface area contributed by atoms with Gasteiger partial charge in [0.25, 0.3) is 5.91 Å². The summed E-state index contributed by atoms with van der Waals surface area (Å²) in [5.41, 5.74) is 2.19. The van der Waals surface area contributed by atoms with Gasteiger partial charge >= 0.3 is 0 Å². The first kappa shape index (κ1) is 21.8. The van der Waals surface area contributed by atoms with Crippen molar-refractivity contribution in [3.8, 4) is 16.3 Å². The SMILES string of the molecule is CCc1nnc2sc(-c3ccc(NC(=S)NC(=O)c4cccc(OC(C)C)c4)cc3)nn12. The molecule has 8 nitrogen and oxygen atoms in total. The largest absolute Gasteiger partial charge is 0.491 e. The molecule has 0 atom stereocenters. The van der Waals surface area contributed by atoms with Crippen LogP contribution in [0.1, 0.15) is 37.0 Å². The van der Waals surface area contributed by atoms with Crippen LogP contribution in [0.3, 0.4) is 0 Å². The predicted molar refractivity (Wildman–Crippen MR) is 129 cm³/mol. The van der Waals surface area contributed by atoms with E-state index in [9.17, 15) is 4.79 Å². The van der Waals surface area contributed by atoms with Crippen molar-refractivity contribution in [2.24, 2.45) is 0 Å². The zero-order valence-electron chi connectivity index (χ0n) is 17.8. The molecule has 0 spiro atoms. The highest BCUT2D eigenvalue weighted by Gasteiger charge is 2.13. The van der Waals surface area contributed by atoms with Crippen LogP contribution in [0.15, 0.2) is 48.5 Å². The average molecular weight is 467 g/mol. The molecule has 2 N–H and O–H groups in total. The lowest BCUT2D eigenvalue weighted by Crippen LogP contribution is -2.34. The van der Waals surface area contributed by atoms with Crippen LogP contribution >= 0.6 is 23.6 Å². The van der Waals surface area contributed by atoms with Crippen LogP contribution in [0.2, 0.25) is 0 Å². The van der Waals surface area contributed by atoms with Crippen molar-refractivity contribution < 1.29 is 9.53 Å². The number of fused-ring (bicyclic) bond motifs is 1. The van der Waals surface area contributed by atoms with Crippen molar-refractivity contribution >= 4 is 45.2 Å². The number of aromatic nitrogens is 4. The number of nitrogens with zero attached hydrogens (tertiary/aromatic N) is 4. The second-order valence-corrected chi connectivity index (χ2v) is 8.62. The average Bonchev–Trinajstić information content (AvgIpc) is 3.34. The highest BCUT2D eigenvalue weighted by molar-refractivity contribution is 7.80. The molecule has 164 valence electrons. The number of hydrogen-bond donors (Lipinski definition) is 2. The molecule has 0 radical (unpaired) electrons. The number of thiocarbonyl (C=S) groups is 1. The maximum atomic E-state index is 12.5. The molecule has 2 heterocycles. The molecule has 0 unspecified atom stereocenters. The van der Waals surface area contributed by atoms with E-state index in [4.69, 9.17) is 17.0 Å². The fourth-order valence-electron chi connectivity index (χ4n) is 3.01. The summed E-state index contributed by atoms with van der Waals surface area (Å²) >= 11 is 6.78. The number of aryl methyl sites for hydroxylation is 1. The van der Waals surface area contributed by atoms with E-state index in [-0.39, 0.29) is 17.1 Å². The Kier molecular flexibility index (Phi) is 6.42. The normalized spacial score (nSPS) is 11.0. The van der Waals surface area contributed by atoms with Crippen molar-refractivity contribution in [2.45, 2.75) is 33.3 Å². The summed E-state index contributed by atoms with van der Waals surface area (Å²) in [5.74, 6) is 1.17. The summed E-state index contributed by atoms with van der Waals surface area (Å²) in [6.07, 6.45) is 0.796. The highest BCUT2D eigenvalue weighted by atomic mass is 32.1. The molecular weight excluding hydrogens is 444 g/mol. The van der Waals surface area contributed by atoms with Crippen molar-refractivity contribution in [1.29, 1.82) is 0 Å². The number of amides is 1. The maximum Gasteiger partial charge on any atom is 0.257 e. The molecule has 4 aromatic rings. The van der Waals surface area contributed by atoms with Crippen LogP contribution in [-0.2, 0) is 6.42 Å². The topological polar surface area (TPSA) is 93.4 Å². The Morgan fingerprint density at radius 1 is 1.19 bits per heavy atom. The van der Waals surface area contributed by atoms with Gasteiger partial charge in [-0.25, -0.2) is 0 Å². The fraction of sp³-hybridized carbons (Fsp3) is 0.227. The molecule has 0 saturated carbocycles. The van der Waals surface area contributed by atoms with Gasteiger partial charge in [0.1, 0.15) is 10.8 Å². The summed E-state index contributed by atoms with van der Waals surface area (Å²) in [6, 6.07) is 14.6. The van der Waals surface area contributed by atoms with E-state index in [1.165, 1.54) is 11.3 Å². The van der Waals surface area contributed by atoms with Crippen LogP contribution in [0.4, 0.5) is 5.69 Å². The van der Waals surface area contributed by atoms with E-state index >= 15 is 0 Å². The number of rotatable bonds is 6. The number of carbonyl (C=O) groups excluding carboxylic acids is 1. The first-order chi connectivity index (χ1) is 15.4. The number of nitrogens with one attached hydrogen (secondary N) is 2. The van der Waals surface area contributed by atoms with Gasteiger partial charge in [0.2, 0.25) is 4.96 Å². The van der Waals surface area contributed by atoms with Gasteiger partial charge in [-0.1, -0.05) is 24.3 Å². The fourth-order valence-corrected chi connectivity index (χ4v) is 4.09. The van der Waals surface area contributed by atoms with E-state index in [0.29, 0.717) is 11.3 Å². The molecule has 10 heteroatoms. The second kappa shape index (κ2) is 9.41. The van der Waals surface area contributed by atoms with E-state index in [1.54, 1.807) is 22.7 Å². The number of ether oxygens (including phenoxy) is 1. The smallest absolute Gasteiger partial charge is 0.257 e. The molecule has 2 aromatic carbocycles. The zero-order valence-corrected chi connectivity index (χ0v) is 19.5. The molecule has 0 aliphatic heterocycles. The zero-order chi connectivity index (χ0) is 22.7. The Labute approximate surface area is 194 Å². The van der Waals surface area contributed by atoms with Gasteiger partial charge in [0.05, 0.1) is 6.10 Å². The summed E-state index contributed by atoms with van der Waals surface area (Å²) < 4.78 is 7.41. The Hall–Kier alpha value is -3.37. The number of anilines is 1. The van der Waals surface area contributed by atoms with Gasteiger partial charge in [-0.3, -0.25) is 10.1 Å². The van der Waals surface area contributed by atoms with Gasteiger partial charge in [-0.2, -0.15) is 9.61 Å². The Bertz CT molecular complexity index is 1260. The van der Waals surface area contributed by atoms with Crippen molar-refractivity contribution in [3.63, 3.8) is 0 Å². The summed E-state index contributed by atoms with van der Waals surface area (Å²) in [4.78, 5) is 13.3. The highest BCUT2D eigenvalue weighted by Crippen LogP contribution is 2.26. The van der Waals surface area contributed by atoms with Crippen molar-refractivity contribution in [3.05, 3.63) is 59.9 Å². The van der Waals surface area contributed by atoms with Gasteiger partial charge in [0, 0.05) is 23.2 Å². The Balaban J connectivity index is 1.39. The number of carbonyl (C=O) groups is 1. The molecule has 0 bridgehead atoms. The molecule has 0 aliphatic carbocycles. The van der Waals surface area contributed by atoms with Gasteiger partial charge < -0.3 is 10.1 Å². The first-order valence-electron chi connectivity index (χ1n) is 10.1. The Morgan fingerprint density at radius 3 is 2.69 bits per heavy atom. The Morgan fingerprint density at radius 2 is 1.97 bits per heavy atom. The molecule has 0 saturated heterocycles. The minimum Gasteiger partial charge on any atom is -0.491 e. The molecule has 32 heavy (non-hydrogen) atoms. The van der Waals surface area contributed by atoms with Crippen LogP contribution in [-0.4, -0.2) is 36.9 Å². The second-order valence-electron chi connectivity index (χ2n) is 7.25. The predicted octanol–water partition coefficient (Wildman–Crippen LogP) is 4.33.